The normalized spacial score (nSPS) is 29.6. The number of amides is 2. The third kappa shape index (κ3) is 4.06. The van der Waals surface area contributed by atoms with Gasteiger partial charge in [-0.3, -0.25) is 19.6 Å². The molecular formula is C22H35N5O2. The highest BCUT2D eigenvalue weighted by molar-refractivity contribution is 5.78. The van der Waals surface area contributed by atoms with Crippen LogP contribution in [0.4, 0.5) is 0 Å². The molecule has 3 aliphatic heterocycles. The number of nitrogens with zero attached hydrogens (tertiary/aromatic N) is 3. The molecule has 4 atom stereocenters. The van der Waals surface area contributed by atoms with Crippen LogP contribution >= 0.6 is 0 Å². The van der Waals surface area contributed by atoms with Crippen molar-refractivity contribution in [1.82, 2.24) is 25.3 Å². The van der Waals surface area contributed by atoms with E-state index in [0.717, 1.165) is 50.3 Å². The summed E-state index contributed by atoms with van der Waals surface area (Å²) in [5.74, 6) is 1.35. The molecule has 0 spiro atoms. The van der Waals surface area contributed by atoms with Crippen molar-refractivity contribution in [2.45, 2.75) is 77.9 Å². The third-order valence-corrected chi connectivity index (χ3v) is 7.22. The second kappa shape index (κ2) is 8.46. The quantitative estimate of drug-likeness (QED) is 0.765. The molecule has 0 saturated carbocycles. The largest absolute Gasteiger partial charge is 0.354 e. The van der Waals surface area contributed by atoms with Gasteiger partial charge in [0.05, 0.1) is 11.7 Å². The van der Waals surface area contributed by atoms with Crippen molar-refractivity contribution in [3.05, 3.63) is 17.0 Å². The number of aromatic nitrogens is 2. The van der Waals surface area contributed by atoms with Crippen LogP contribution in [0.1, 0.15) is 62.4 Å². The molecule has 3 fully saturated rings. The van der Waals surface area contributed by atoms with Crippen molar-refractivity contribution in [2.24, 2.45) is 11.8 Å². The Labute approximate surface area is 173 Å². The Kier molecular flexibility index (Phi) is 5.95. The van der Waals surface area contributed by atoms with Crippen LogP contribution in [0, 0.1) is 25.7 Å². The van der Waals surface area contributed by atoms with Crippen molar-refractivity contribution in [3.63, 3.8) is 0 Å². The van der Waals surface area contributed by atoms with E-state index in [0.29, 0.717) is 43.2 Å². The van der Waals surface area contributed by atoms with Crippen molar-refractivity contribution in [1.29, 1.82) is 0 Å². The summed E-state index contributed by atoms with van der Waals surface area (Å²) in [7, 11) is 0. The van der Waals surface area contributed by atoms with Crippen molar-refractivity contribution < 1.29 is 9.59 Å². The fraction of sp³-hybridized carbons (Fsp3) is 0.773. The van der Waals surface area contributed by atoms with Crippen LogP contribution < -0.4 is 5.32 Å². The van der Waals surface area contributed by atoms with Crippen molar-refractivity contribution in [2.75, 3.05) is 19.6 Å². The van der Waals surface area contributed by atoms with Gasteiger partial charge >= 0.3 is 0 Å². The van der Waals surface area contributed by atoms with Crippen LogP contribution in [0.15, 0.2) is 0 Å². The Morgan fingerprint density at radius 3 is 2.79 bits per heavy atom. The third-order valence-electron chi connectivity index (χ3n) is 7.22. The summed E-state index contributed by atoms with van der Waals surface area (Å²) in [5.41, 5.74) is 3.53. The highest BCUT2D eigenvalue weighted by atomic mass is 16.2. The van der Waals surface area contributed by atoms with Crippen molar-refractivity contribution in [3.8, 4) is 0 Å². The fourth-order valence-corrected chi connectivity index (χ4v) is 5.83. The van der Waals surface area contributed by atoms with Crippen LogP contribution in [-0.2, 0) is 16.1 Å². The molecule has 4 heterocycles. The molecule has 7 heteroatoms. The standard InChI is InChI=1S/C22H35N5O2/c1-4-6-21(28)23-10-20-17-9-16(19-7-5-8-22(29)27(19)20)11-26(12-17)13-18-14(2)24-25-15(18)3/h16-17,19-20H,4-13H2,1-3H3,(H,23,28)(H,24,25)/t16-,17+,19+,20+/m1/s1. The van der Waals surface area contributed by atoms with E-state index in [9.17, 15) is 9.59 Å². The number of rotatable bonds is 6. The Morgan fingerprint density at radius 1 is 1.28 bits per heavy atom. The van der Waals surface area contributed by atoms with E-state index in [1.807, 2.05) is 6.92 Å². The predicted molar refractivity (Wildman–Crippen MR) is 111 cm³/mol. The highest BCUT2D eigenvalue weighted by Crippen LogP contribution is 2.41. The monoisotopic (exact) mass is 401 g/mol. The minimum Gasteiger partial charge on any atom is -0.354 e. The lowest BCUT2D eigenvalue weighted by Crippen LogP contribution is -2.67. The lowest BCUT2D eigenvalue weighted by molar-refractivity contribution is -0.153. The first-order valence-electron chi connectivity index (χ1n) is 11.3. The van der Waals surface area contributed by atoms with E-state index < -0.39 is 0 Å². The minimum atomic E-state index is 0.105. The van der Waals surface area contributed by atoms with Crippen LogP contribution in [0.2, 0.25) is 0 Å². The zero-order valence-electron chi connectivity index (χ0n) is 18.0. The molecule has 0 unspecified atom stereocenters. The molecule has 0 aliphatic carbocycles. The van der Waals surface area contributed by atoms with Crippen molar-refractivity contribution >= 4 is 11.8 Å². The number of aromatic amines is 1. The molecule has 2 amide bonds. The molecule has 7 nitrogen and oxygen atoms in total. The molecule has 4 rings (SSSR count). The first-order valence-corrected chi connectivity index (χ1v) is 11.3. The lowest BCUT2D eigenvalue weighted by Gasteiger charge is -2.56. The van der Waals surface area contributed by atoms with E-state index in [1.165, 1.54) is 12.0 Å². The number of piperidine rings is 3. The molecule has 1 aromatic heterocycles. The Morgan fingerprint density at radius 2 is 2.07 bits per heavy atom. The second-order valence-electron chi connectivity index (χ2n) is 9.24. The molecule has 3 aliphatic rings. The van der Waals surface area contributed by atoms with Gasteiger partial charge in [-0.05, 0) is 51.4 Å². The first-order chi connectivity index (χ1) is 14.0. The summed E-state index contributed by atoms with van der Waals surface area (Å²) in [6.45, 7) is 9.71. The number of aryl methyl sites for hydroxylation is 2. The van der Waals surface area contributed by atoms with E-state index in [4.69, 9.17) is 0 Å². The number of hydrogen-bond acceptors (Lipinski definition) is 4. The summed E-state index contributed by atoms with van der Waals surface area (Å²) in [6.07, 6.45) is 5.33. The predicted octanol–water partition coefficient (Wildman–Crippen LogP) is 2.14. The summed E-state index contributed by atoms with van der Waals surface area (Å²) in [4.78, 5) is 29.7. The van der Waals surface area contributed by atoms with Gasteiger partial charge in [-0.1, -0.05) is 6.92 Å². The molecule has 2 N–H and O–H groups in total. The number of hydrogen-bond donors (Lipinski definition) is 2. The maximum absolute atomic E-state index is 12.9. The molecule has 0 radical (unpaired) electrons. The molecule has 160 valence electrons. The van der Waals surface area contributed by atoms with E-state index in [2.05, 4.69) is 39.2 Å². The number of carbonyl (C=O) groups excluding carboxylic acids is 2. The Bertz CT molecular complexity index is 741. The maximum Gasteiger partial charge on any atom is 0.223 e. The Hall–Kier alpha value is -1.89. The van der Waals surface area contributed by atoms with Gasteiger partial charge < -0.3 is 10.2 Å². The molecular weight excluding hydrogens is 366 g/mol. The fourth-order valence-electron chi connectivity index (χ4n) is 5.83. The molecule has 0 aromatic carbocycles. The first kappa shape index (κ1) is 20.4. The molecule has 1 aromatic rings. The summed E-state index contributed by atoms with van der Waals surface area (Å²) in [5, 5.41) is 10.6. The topological polar surface area (TPSA) is 81.3 Å². The van der Waals surface area contributed by atoms with Gasteiger partial charge in [0, 0.05) is 56.3 Å². The number of nitrogens with one attached hydrogen (secondary N) is 2. The van der Waals surface area contributed by atoms with Gasteiger partial charge in [-0.25, -0.2) is 0 Å². The average Bonchev–Trinajstić information content (AvgIpc) is 3.00. The van der Waals surface area contributed by atoms with E-state index >= 15 is 0 Å². The Balaban J connectivity index is 1.52. The van der Waals surface area contributed by atoms with Crippen LogP contribution in [0.5, 0.6) is 0 Å². The number of H-pyrrole nitrogens is 1. The van der Waals surface area contributed by atoms with Crippen LogP contribution in [-0.4, -0.2) is 63.5 Å². The van der Waals surface area contributed by atoms with Gasteiger partial charge in [-0.2, -0.15) is 5.10 Å². The number of likely N-dealkylation sites (tertiary alicyclic amines) is 1. The summed E-state index contributed by atoms with van der Waals surface area (Å²) < 4.78 is 0. The maximum atomic E-state index is 12.9. The van der Waals surface area contributed by atoms with Gasteiger partial charge in [0.2, 0.25) is 11.8 Å². The van der Waals surface area contributed by atoms with Gasteiger partial charge in [-0.15, -0.1) is 0 Å². The van der Waals surface area contributed by atoms with Crippen LogP contribution in [0.3, 0.4) is 0 Å². The van der Waals surface area contributed by atoms with Gasteiger partial charge in [0.1, 0.15) is 0 Å². The van der Waals surface area contributed by atoms with E-state index in [1.54, 1.807) is 0 Å². The minimum absolute atomic E-state index is 0.105. The molecule has 2 bridgehead atoms. The van der Waals surface area contributed by atoms with Crippen LogP contribution in [0.25, 0.3) is 0 Å². The zero-order chi connectivity index (χ0) is 20.5. The smallest absolute Gasteiger partial charge is 0.223 e. The summed E-state index contributed by atoms with van der Waals surface area (Å²) in [6, 6.07) is 0.453. The SMILES string of the molecule is CCCC(=O)NC[C@H]1[C@H]2C[C@H](CN(Cc3c(C)n[nH]c3C)C2)[C@@H]2CCCC(=O)N21. The van der Waals surface area contributed by atoms with Gasteiger partial charge in [0.25, 0.3) is 0 Å². The van der Waals surface area contributed by atoms with Gasteiger partial charge in [0.15, 0.2) is 0 Å². The summed E-state index contributed by atoms with van der Waals surface area (Å²) >= 11 is 0. The molecule has 3 saturated heterocycles. The average molecular weight is 402 g/mol. The zero-order valence-corrected chi connectivity index (χ0v) is 18.0. The number of carbonyl (C=O) groups is 2. The second-order valence-corrected chi connectivity index (χ2v) is 9.24. The van der Waals surface area contributed by atoms with E-state index in [-0.39, 0.29) is 11.9 Å². The number of fused-ring (bicyclic) bond motifs is 4. The molecule has 29 heavy (non-hydrogen) atoms. The lowest BCUT2D eigenvalue weighted by atomic mass is 9.72. The highest BCUT2D eigenvalue weighted by Gasteiger charge is 2.49.